The fourth-order valence-electron chi connectivity index (χ4n) is 1.80. The molecule has 0 radical (unpaired) electrons. The Morgan fingerprint density at radius 2 is 2.11 bits per heavy atom. The van der Waals surface area contributed by atoms with Crippen LogP contribution in [0.25, 0.3) is 0 Å². The van der Waals surface area contributed by atoms with E-state index in [1.165, 1.54) is 0 Å². The summed E-state index contributed by atoms with van der Waals surface area (Å²) in [6.07, 6.45) is -0.235. The van der Waals surface area contributed by atoms with Crippen molar-refractivity contribution in [2.75, 3.05) is 6.54 Å². The summed E-state index contributed by atoms with van der Waals surface area (Å²) >= 11 is 8.51. The van der Waals surface area contributed by atoms with Crippen LogP contribution < -0.4 is 4.74 Å². The van der Waals surface area contributed by atoms with Gasteiger partial charge in [0, 0.05) is 11.0 Å². The topological polar surface area (TPSA) is 37.2 Å². The molecule has 0 fully saturated rings. The molecule has 0 saturated carbocycles. The van der Waals surface area contributed by atoms with Crippen LogP contribution in [0.3, 0.4) is 0 Å². The number of benzene rings is 1. The van der Waals surface area contributed by atoms with E-state index in [2.05, 4.69) is 26.2 Å². The second-order valence-electron chi connectivity index (χ2n) is 3.97. The summed E-state index contributed by atoms with van der Waals surface area (Å²) in [7, 11) is 0. The van der Waals surface area contributed by atoms with Gasteiger partial charge in [-0.3, -0.25) is 0 Å². The Balaban J connectivity index is 2.04. The Morgan fingerprint density at radius 3 is 2.72 bits per heavy atom. The van der Waals surface area contributed by atoms with E-state index in [9.17, 15) is 0 Å². The van der Waals surface area contributed by atoms with Crippen molar-refractivity contribution in [3.63, 3.8) is 0 Å². The third-order valence-electron chi connectivity index (χ3n) is 2.72. The highest BCUT2D eigenvalue weighted by Gasteiger charge is 2.31. The molecule has 0 spiro atoms. The number of nitrogens with zero attached hydrogens (tertiary/aromatic N) is 3. The number of hydrogen-bond acceptors (Lipinski definition) is 3. The molecule has 0 amide bonds. The molecule has 18 heavy (non-hydrogen) atoms. The zero-order valence-electron chi connectivity index (χ0n) is 10.2. The largest absolute Gasteiger partial charge is 0.486 e. The third kappa shape index (κ3) is 2.87. The van der Waals surface area contributed by atoms with Gasteiger partial charge in [-0.1, -0.05) is 15.9 Å². The van der Waals surface area contributed by atoms with Gasteiger partial charge in [0.05, 0.1) is 0 Å². The molecule has 96 valence electrons. The molecule has 0 N–H and O–H groups in total. The van der Waals surface area contributed by atoms with Crippen LogP contribution in [0.2, 0.25) is 0 Å². The summed E-state index contributed by atoms with van der Waals surface area (Å²) in [5.74, 6) is 0.815. The number of halogens is 1. The summed E-state index contributed by atoms with van der Waals surface area (Å²) in [4.78, 5) is 1.96. The highest BCUT2D eigenvalue weighted by molar-refractivity contribution is 9.10. The van der Waals surface area contributed by atoms with Gasteiger partial charge in [-0.25, -0.2) is 0 Å². The van der Waals surface area contributed by atoms with Gasteiger partial charge in [-0.2, -0.15) is 5.11 Å². The van der Waals surface area contributed by atoms with Crippen molar-refractivity contribution >= 4 is 33.3 Å². The first-order valence-corrected chi connectivity index (χ1v) is 6.95. The predicted molar refractivity (Wildman–Crippen MR) is 77.9 cm³/mol. The minimum atomic E-state index is -0.133. The number of rotatable bonds is 4. The molecule has 0 aliphatic carbocycles. The molecule has 2 rings (SSSR count). The van der Waals surface area contributed by atoms with Crippen molar-refractivity contribution < 1.29 is 4.74 Å². The van der Waals surface area contributed by atoms with Crippen LogP contribution in [0, 0.1) is 0 Å². The zero-order valence-corrected chi connectivity index (χ0v) is 12.6. The summed E-state index contributed by atoms with van der Waals surface area (Å²) < 4.78 is 6.89. The van der Waals surface area contributed by atoms with Gasteiger partial charge in [-0.15, -0.1) is 5.11 Å². The van der Waals surface area contributed by atoms with Gasteiger partial charge in [0.1, 0.15) is 11.9 Å². The Morgan fingerprint density at radius 1 is 1.44 bits per heavy atom. The third-order valence-corrected chi connectivity index (χ3v) is 3.57. The van der Waals surface area contributed by atoms with Crippen LogP contribution >= 0.6 is 28.1 Å². The summed E-state index contributed by atoms with van der Waals surface area (Å²) in [6, 6.07) is 7.73. The number of ether oxygens (including phenoxy) is 1. The smallest absolute Gasteiger partial charge is 0.217 e. The van der Waals surface area contributed by atoms with Gasteiger partial charge in [0.2, 0.25) is 5.11 Å². The van der Waals surface area contributed by atoms with Crippen molar-refractivity contribution in [2.24, 2.45) is 10.2 Å². The fraction of sp³-hybridized carbons (Fsp3) is 0.417. The minimum absolute atomic E-state index is 0.102. The molecular weight excluding hydrogens is 314 g/mol. The lowest BCUT2D eigenvalue weighted by molar-refractivity contribution is 0.133. The van der Waals surface area contributed by atoms with Crippen LogP contribution in [0.5, 0.6) is 5.75 Å². The van der Waals surface area contributed by atoms with Crippen molar-refractivity contribution in [3.05, 3.63) is 28.7 Å². The Bertz CT molecular complexity index is 463. The summed E-state index contributed by atoms with van der Waals surface area (Å²) in [5, 5.41) is 8.64. The number of likely N-dealkylation sites (N-methyl/N-ethyl adjacent to an activating group) is 1. The molecule has 0 aromatic heterocycles. The predicted octanol–water partition coefficient (Wildman–Crippen LogP) is 3.62. The van der Waals surface area contributed by atoms with Gasteiger partial charge in [0.15, 0.2) is 6.17 Å². The molecule has 1 aliphatic rings. The molecule has 1 aromatic carbocycles. The van der Waals surface area contributed by atoms with E-state index < -0.39 is 0 Å². The van der Waals surface area contributed by atoms with E-state index in [4.69, 9.17) is 17.0 Å². The molecule has 2 unspecified atom stereocenters. The molecule has 0 saturated heterocycles. The Hall–Kier alpha value is -1.01. The van der Waals surface area contributed by atoms with Crippen LogP contribution in [-0.4, -0.2) is 28.8 Å². The molecule has 1 heterocycles. The van der Waals surface area contributed by atoms with E-state index in [1.807, 2.05) is 43.0 Å². The standard InChI is InChI=1S/C12H14BrN3OS/c1-3-16-11(14-15-12(16)18)8(2)17-10-6-4-9(13)5-7-10/h4-8,11H,3H2,1-2H3. The zero-order chi connectivity index (χ0) is 13.1. The molecule has 2 atom stereocenters. The first kappa shape index (κ1) is 13.4. The van der Waals surface area contributed by atoms with E-state index in [0.29, 0.717) is 5.11 Å². The lowest BCUT2D eigenvalue weighted by Gasteiger charge is -2.26. The maximum Gasteiger partial charge on any atom is 0.217 e. The molecule has 0 bridgehead atoms. The molecular formula is C12H14BrN3OS. The highest BCUT2D eigenvalue weighted by atomic mass is 79.9. The van der Waals surface area contributed by atoms with Gasteiger partial charge >= 0.3 is 0 Å². The fourth-order valence-corrected chi connectivity index (χ4v) is 2.35. The normalized spacial score (nSPS) is 20.3. The Kier molecular flexibility index (Phi) is 4.29. The second-order valence-corrected chi connectivity index (χ2v) is 5.26. The average molecular weight is 328 g/mol. The summed E-state index contributed by atoms with van der Waals surface area (Å²) in [6.45, 7) is 4.79. The number of thiocarbonyl (C=S) groups is 1. The molecule has 1 aromatic rings. The van der Waals surface area contributed by atoms with Gasteiger partial charge in [-0.05, 0) is 50.3 Å². The van der Waals surface area contributed by atoms with Gasteiger partial charge in [0.25, 0.3) is 0 Å². The van der Waals surface area contributed by atoms with Crippen LogP contribution in [0.4, 0.5) is 0 Å². The maximum absolute atomic E-state index is 5.86. The van der Waals surface area contributed by atoms with Crippen molar-refractivity contribution in [1.29, 1.82) is 0 Å². The lowest BCUT2D eigenvalue weighted by atomic mass is 10.3. The lowest BCUT2D eigenvalue weighted by Crippen LogP contribution is -2.42. The second kappa shape index (κ2) is 5.75. The monoisotopic (exact) mass is 327 g/mol. The first-order chi connectivity index (χ1) is 8.61. The van der Waals surface area contributed by atoms with Crippen molar-refractivity contribution in [3.8, 4) is 5.75 Å². The quantitative estimate of drug-likeness (QED) is 0.792. The SMILES string of the molecule is CCN1C(=S)N=NC1C(C)Oc1ccc(Br)cc1. The number of hydrogen-bond donors (Lipinski definition) is 0. The van der Waals surface area contributed by atoms with Crippen LogP contribution in [0.1, 0.15) is 13.8 Å². The van der Waals surface area contributed by atoms with E-state index in [0.717, 1.165) is 16.8 Å². The minimum Gasteiger partial charge on any atom is -0.486 e. The molecule has 1 aliphatic heterocycles. The van der Waals surface area contributed by atoms with E-state index in [1.54, 1.807) is 0 Å². The van der Waals surface area contributed by atoms with Crippen LogP contribution in [0.15, 0.2) is 39.0 Å². The average Bonchev–Trinajstić information content (AvgIpc) is 2.73. The maximum atomic E-state index is 5.86. The van der Waals surface area contributed by atoms with Crippen molar-refractivity contribution in [2.45, 2.75) is 26.1 Å². The van der Waals surface area contributed by atoms with Crippen LogP contribution in [-0.2, 0) is 0 Å². The molecule has 6 heteroatoms. The van der Waals surface area contributed by atoms with Gasteiger partial charge < -0.3 is 9.64 Å². The number of azo groups is 1. The first-order valence-electron chi connectivity index (χ1n) is 5.75. The van der Waals surface area contributed by atoms with E-state index in [-0.39, 0.29) is 12.3 Å². The Labute approximate surface area is 120 Å². The molecule has 4 nitrogen and oxygen atoms in total. The highest BCUT2D eigenvalue weighted by Crippen LogP contribution is 2.22. The van der Waals surface area contributed by atoms with Crippen molar-refractivity contribution in [1.82, 2.24) is 4.90 Å². The summed E-state index contributed by atoms with van der Waals surface area (Å²) in [5.41, 5.74) is 0. The van der Waals surface area contributed by atoms with E-state index >= 15 is 0 Å².